The Kier molecular flexibility index (Phi) is 6.46. The Morgan fingerprint density at radius 2 is 2.17 bits per heavy atom. The number of anilines is 1. The summed E-state index contributed by atoms with van der Waals surface area (Å²) in [6, 6.07) is 7.97. The van der Waals surface area contributed by atoms with Gasteiger partial charge in [-0.15, -0.1) is 12.4 Å². The fraction of sp³-hybridized carbons (Fsp3) is 0.417. The van der Waals surface area contributed by atoms with E-state index >= 15 is 0 Å². The van der Waals surface area contributed by atoms with Crippen LogP contribution in [0.1, 0.15) is 0 Å². The van der Waals surface area contributed by atoms with E-state index in [0.717, 1.165) is 29.8 Å². The predicted octanol–water partition coefficient (Wildman–Crippen LogP) is 1.62. The number of benzene rings is 1. The SMILES string of the molecule is Cl.O=C(NCCNc1cccc(Br)c1)C1CNC1. The lowest BCUT2D eigenvalue weighted by molar-refractivity contribution is -0.126. The van der Waals surface area contributed by atoms with Gasteiger partial charge >= 0.3 is 0 Å². The van der Waals surface area contributed by atoms with Gasteiger partial charge in [0.05, 0.1) is 5.92 Å². The second-order valence-corrected chi connectivity index (χ2v) is 5.00. The van der Waals surface area contributed by atoms with Crippen molar-refractivity contribution in [1.82, 2.24) is 10.6 Å². The average molecular weight is 335 g/mol. The molecular formula is C12H17BrClN3O. The van der Waals surface area contributed by atoms with Gasteiger partial charge in [-0.3, -0.25) is 4.79 Å². The van der Waals surface area contributed by atoms with Crippen molar-refractivity contribution >= 4 is 39.9 Å². The van der Waals surface area contributed by atoms with Crippen LogP contribution in [0.15, 0.2) is 28.7 Å². The van der Waals surface area contributed by atoms with E-state index in [9.17, 15) is 4.79 Å². The van der Waals surface area contributed by atoms with E-state index in [1.165, 1.54) is 0 Å². The lowest BCUT2D eigenvalue weighted by atomic mass is 10.0. The molecule has 0 spiro atoms. The van der Waals surface area contributed by atoms with Crippen molar-refractivity contribution in [2.75, 3.05) is 31.5 Å². The first-order valence-corrected chi connectivity index (χ1v) is 6.53. The first-order valence-electron chi connectivity index (χ1n) is 5.73. The van der Waals surface area contributed by atoms with Crippen LogP contribution >= 0.6 is 28.3 Å². The molecule has 0 saturated carbocycles. The number of carbonyl (C=O) groups is 1. The summed E-state index contributed by atoms with van der Waals surface area (Å²) in [5, 5.41) is 9.25. The van der Waals surface area contributed by atoms with Crippen LogP contribution in [0.25, 0.3) is 0 Å². The Hall–Kier alpha value is -0.780. The summed E-state index contributed by atoms with van der Waals surface area (Å²) in [7, 11) is 0. The minimum atomic E-state index is 0. The lowest BCUT2D eigenvalue weighted by Gasteiger charge is -2.25. The van der Waals surface area contributed by atoms with Crippen LogP contribution in [0.4, 0.5) is 5.69 Å². The summed E-state index contributed by atoms with van der Waals surface area (Å²) < 4.78 is 1.05. The van der Waals surface area contributed by atoms with Gasteiger partial charge in [0.15, 0.2) is 0 Å². The molecule has 1 aliphatic heterocycles. The topological polar surface area (TPSA) is 53.2 Å². The molecule has 1 saturated heterocycles. The van der Waals surface area contributed by atoms with Gasteiger partial charge in [-0.1, -0.05) is 22.0 Å². The molecule has 1 amide bonds. The average Bonchev–Trinajstić information content (AvgIpc) is 2.22. The molecule has 3 N–H and O–H groups in total. The normalized spacial score (nSPS) is 14.3. The molecule has 100 valence electrons. The fourth-order valence-electron chi connectivity index (χ4n) is 1.61. The van der Waals surface area contributed by atoms with Crippen molar-refractivity contribution in [2.24, 2.45) is 5.92 Å². The first-order chi connectivity index (χ1) is 8.25. The smallest absolute Gasteiger partial charge is 0.225 e. The maximum absolute atomic E-state index is 11.5. The van der Waals surface area contributed by atoms with Crippen LogP contribution in [0.2, 0.25) is 0 Å². The largest absolute Gasteiger partial charge is 0.383 e. The highest BCUT2D eigenvalue weighted by molar-refractivity contribution is 9.10. The molecule has 1 heterocycles. The lowest BCUT2D eigenvalue weighted by Crippen LogP contribution is -2.51. The van der Waals surface area contributed by atoms with Gasteiger partial charge in [0, 0.05) is 36.3 Å². The van der Waals surface area contributed by atoms with E-state index in [2.05, 4.69) is 31.9 Å². The monoisotopic (exact) mass is 333 g/mol. The van der Waals surface area contributed by atoms with Crippen molar-refractivity contribution in [3.8, 4) is 0 Å². The molecule has 6 heteroatoms. The van der Waals surface area contributed by atoms with Crippen molar-refractivity contribution < 1.29 is 4.79 Å². The van der Waals surface area contributed by atoms with Crippen LogP contribution < -0.4 is 16.0 Å². The Morgan fingerprint density at radius 1 is 1.39 bits per heavy atom. The zero-order valence-electron chi connectivity index (χ0n) is 9.91. The van der Waals surface area contributed by atoms with Crippen molar-refractivity contribution in [1.29, 1.82) is 0 Å². The van der Waals surface area contributed by atoms with Crippen molar-refractivity contribution in [3.63, 3.8) is 0 Å². The number of rotatable bonds is 5. The van der Waals surface area contributed by atoms with Gasteiger partial charge in [-0.2, -0.15) is 0 Å². The fourth-order valence-corrected chi connectivity index (χ4v) is 2.01. The van der Waals surface area contributed by atoms with Gasteiger partial charge in [0.25, 0.3) is 0 Å². The summed E-state index contributed by atoms with van der Waals surface area (Å²) >= 11 is 3.41. The van der Waals surface area contributed by atoms with E-state index in [1.54, 1.807) is 0 Å². The Balaban J connectivity index is 0.00000162. The minimum absolute atomic E-state index is 0. The van der Waals surface area contributed by atoms with E-state index in [-0.39, 0.29) is 24.2 Å². The number of halogens is 2. The maximum atomic E-state index is 11.5. The quantitative estimate of drug-likeness (QED) is 0.717. The molecule has 1 fully saturated rings. The van der Waals surface area contributed by atoms with Gasteiger partial charge < -0.3 is 16.0 Å². The van der Waals surface area contributed by atoms with Gasteiger partial charge in [-0.25, -0.2) is 0 Å². The number of hydrogen-bond donors (Lipinski definition) is 3. The van der Waals surface area contributed by atoms with Crippen LogP contribution in [0, 0.1) is 5.92 Å². The van der Waals surface area contributed by atoms with Crippen LogP contribution in [0.3, 0.4) is 0 Å². The summed E-state index contributed by atoms with van der Waals surface area (Å²) in [6.07, 6.45) is 0. The zero-order valence-corrected chi connectivity index (χ0v) is 12.3. The third-order valence-corrected chi connectivity index (χ3v) is 3.22. The second kappa shape index (κ2) is 7.61. The highest BCUT2D eigenvalue weighted by atomic mass is 79.9. The van der Waals surface area contributed by atoms with E-state index < -0.39 is 0 Å². The first kappa shape index (κ1) is 15.3. The molecule has 1 aromatic rings. The predicted molar refractivity (Wildman–Crippen MR) is 79.2 cm³/mol. The van der Waals surface area contributed by atoms with Crippen molar-refractivity contribution in [2.45, 2.75) is 0 Å². The molecule has 4 nitrogen and oxygen atoms in total. The molecule has 0 atom stereocenters. The molecule has 2 rings (SSSR count). The number of amides is 1. The van der Waals surface area contributed by atoms with Crippen LogP contribution in [0.5, 0.6) is 0 Å². The van der Waals surface area contributed by atoms with E-state index in [0.29, 0.717) is 6.54 Å². The molecular weight excluding hydrogens is 318 g/mol. The van der Waals surface area contributed by atoms with Crippen LogP contribution in [-0.2, 0) is 4.79 Å². The standard InChI is InChI=1S/C12H16BrN3O.ClH/c13-10-2-1-3-11(6-10)15-4-5-16-12(17)9-7-14-8-9;/h1-3,6,9,14-15H,4-5,7-8H2,(H,16,17);1H. The zero-order chi connectivity index (χ0) is 12.1. The molecule has 1 aliphatic rings. The van der Waals surface area contributed by atoms with Gasteiger partial charge in [0.1, 0.15) is 0 Å². The number of hydrogen-bond acceptors (Lipinski definition) is 3. The molecule has 0 bridgehead atoms. The molecule has 0 aliphatic carbocycles. The molecule has 0 aromatic heterocycles. The Morgan fingerprint density at radius 3 is 2.78 bits per heavy atom. The number of nitrogens with one attached hydrogen (secondary N) is 3. The summed E-state index contributed by atoms with van der Waals surface area (Å²) in [5.74, 6) is 0.320. The Bertz CT molecular complexity index is 399. The van der Waals surface area contributed by atoms with E-state index in [1.807, 2.05) is 24.3 Å². The van der Waals surface area contributed by atoms with Gasteiger partial charge in [0.2, 0.25) is 5.91 Å². The highest BCUT2D eigenvalue weighted by Gasteiger charge is 2.23. The summed E-state index contributed by atoms with van der Waals surface area (Å²) in [5.41, 5.74) is 1.05. The summed E-state index contributed by atoms with van der Waals surface area (Å²) in [4.78, 5) is 11.5. The highest BCUT2D eigenvalue weighted by Crippen LogP contribution is 2.15. The number of carbonyl (C=O) groups excluding carboxylic acids is 1. The molecule has 0 unspecified atom stereocenters. The third kappa shape index (κ3) is 4.48. The van der Waals surface area contributed by atoms with Gasteiger partial charge in [-0.05, 0) is 18.2 Å². The Labute approximate surface area is 121 Å². The summed E-state index contributed by atoms with van der Waals surface area (Å²) in [6.45, 7) is 3.01. The van der Waals surface area contributed by atoms with Crippen LogP contribution in [-0.4, -0.2) is 32.1 Å². The molecule has 18 heavy (non-hydrogen) atoms. The maximum Gasteiger partial charge on any atom is 0.225 e. The molecule has 0 radical (unpaired) electrons. The molecule has 1 aromatic carbocycles. The second-order valence-electron chi connectivity index (χ2n) is 4.08. The third-order valence-electron chi connectivity index (χ3n) is 2.73. The van der Waals surface area contributed by atoms with E-state index in [4.69, 9.17) is 0 Å². The van der Waals surface area contributed by atoms with Crippen molar-refractivity contribution in [3.05, 3.63) is 28.7 Å². The minimum Gasteiger partial charge on any atom is -0.383 e.